The zero-order valence-electron chi connectivity index (χ0n) is 14.4. The SMILES string of the molecule is Cc1n[nH]c(C)c1N1CCN(C(=O)c2cnc3ccccc3n2)CC1. The summed E-state index contributed by atoms with van der Waals surface area (Å²) in [5.41, 5.74) is 5.17. The highest BCUT2D eigenvalue weighted by molar-refractivity contribution is 5.94. The van der Waals surface area contributed by atoms with E-state index in [0.717, 1.165) is 41.2 Å². The standard InChI is InChI=1S/C18H20N6O/c1-12-17(13(2)22-21-12)23-7-9-24(10-8-23)18(25)16-11-19-14-5-3-4-6-15(14)20-16/h3-6,11H,7-10H2,1-2H3,(H,21,22). The molecule has 0 atom stereocenters. The van der Waals surface area contributed by atoms with Crippen LogP contribution in [-0.4, -0.2) is 57.2 Å². The minimum Gasteiger partial charge on any atom is -0.365 e. The smallest absolute Gasteiger partial charge is 0.274 e. The van der Waals surface area contributed by atoms with Gasteiger partial charge in [-0.25, -0.2) is 4.98 Å². The van der Waals surface area contributed by atoms with E-state index in [1.165, 1.54) is 0 Å². The van der Waals surface area contributed by atoms with Crippen molar-refractivity contribution in [2.75, 3.05) is 31.1 Å². The Morgan fingerprint density at radius 1 is 1.08 bits per heavy atom. The van der Waals surface area contributed by atoms with Crippen molar-refractivity contribution < 1.29 is 4.79 Å². The van der Waals surface area contributed by atoms with Crippen molar-refractivity contribution in [3.8, 4) is 0 Å². The van der Waals surface area contributed by atoms with Crippen LogP contribution in [0.1, 0.15) is 21.9 Å². The molecule has 0 unspecified atom stereocenters. The number of para-hydroxylation sites is 2. The van der Waals surface area contributed by atoms with E-state index in [1.807, 2.05) is 43.0 Å². The molecule has 0 spiro atoms. The fourth-order valence-corrected chi connectivity index (χ4v) is 3.37. The van der Waals surface area contributed by atoms with Gasteiger partial charge in [-0.05, 0) is 26.0 Å². The molecule has 1 aromatic carbocycles. The highest BCUT2D eigenvalue weighted by atomic mass is 16.2. The van der Waals surface area contributed by atoms with Gasteiger partial charge < -0.3 is 9.80 Å². The fraction of sp³-hybridized carbons (Fsp3) is 0.333. The zero-order valence-corrected chi connectivity index (χ0v) is 14.4. The van der Waals surface area contributed by atoms with Crippen molar-refractivity contribution in [1.29, 1.82) is 0 Å². The number of rotatable bonds is 2. The van der Waals surface area contributed by atoms with Crippen molar-refractivity contribution in [1.82, 2.24) is 25.1 Å². The number of benzene rings is 1. The number of nitrogens with one attached hydrogen (secondary N) is 1. The van der Waals surface area contributed by atoms with E-state index in [-0.39, 0.29) is 5.91 Å². The summed E-state index contributed by atoms with van der Waals surface area (Å²) < 4.78 is 0. The van der Waals surface area contributed by atoms with Crippen molar-refractivity contribution in [2.24, 2.45) is 0 Å². The molecule has 7 nitrogen and oxygen atoms in total. The number of piperazine rings is 1. The molecule has 1 N–H and O–H groups in total. The summed E-state index contributed by atoms with van der Waals surface area (Å²) in [6.07, 6.45) is 1.57. The van der Waals surface area contributed by atoms with Crippen LogP contribution < -0.4 is 4.90 Å². The van der Waals surface area contributed by atoms with Crippen LogP contribution in [0.25, 0.3) is 11.0 Å². The molecule has 7 heteroatoms. The lowest BCUT2D eigenvalue weighted by Crippen LogP contribution is -2.49. The van der Waals surface area contributed by atoms with E-state index in [0.29, 0.717) is 18.8 Å². The van der Waals surface area contributed by atoms with Gasteiger partial charge in [-0.1, -0.05) is 12.1 Å². The van der Waals surface area contributed by atoms with Crippen LogP contribution in [0.5, 0.6) is 0 Å². The minimum absolute atomic E-state index is 0.0569. The number of H-pyrrole nitrogens is 1. The first kappa shape index (κ1) is 15.6. The number of hydrogen-bond acceptors (Lipinski definition) is 5. The quantitative estimate of drug-likeness (QED) is 0.774. The predicted octanol–water partition coefficient (Wildman–Crippen LogP) is 1.93. The molecule has 3 aromatic rings. The third-order valence-electron chi connectivity index (χ3n) is 4.64. The summed E-state index contributed by atoms with van der Waals surface area (Å²) in [7, 11) is 0. The maximum absolute atomic E-state index is 12.8. The van der Waals surface area contributed by atoms with E-state index in [1.54, 1.807) is 6.20 Å². The first-order valence-electron chi connectivity index (χ1n) is 8.41. The molecule has 2 aromatic heterocycles. The number of aromatic amines is 1. The van der Waals surface area contributed by atoms with Crippen LogP contribution in [0, 0.1) is 13.8 Å². The highest BCUT2D eigenvalue weighted by Crippen LogP contribution is 2.23. The van der Waals surface area contributed by atoms with Gasteiger partial charge in [0.25, 0.3) is 5.91 Å². The Labute approximate surface area is 145 Å². The summed E-state index contributed by atoms with van der Waals surface area (Å²) >= 11 is 0. The van der Waals surface area contributed by atoms with Gasteiger partial charge >= 0.3 is 0 Å². The fourth-order valence-electron chi connectivity index (χ4n) is 3.37. The Morgan fingerprint density at radius 2 is 1.80 bits per heavy atom. The maximum atomic E-state index is 12.8. The van der Waals surface area contributed by atoms with E-state index in [4.69, 9.17) is 0 Å². The largest absolute Gasteiger partial charge is 0.365 e. The van der Waals surface area contributed by atoms with Gasteiger partial charge in [0.15, 0.2) is 0 Å². The minimum atomic E-state index is -0.0569. The first-order chi connectivity index (χ1) is 12.1. The van der Waals surface area contributed by atoms with Crippen LogP contribution >= 0.6 is 0 Å². The molecule has 1 fully saturated rings. The van der Waals surface area contributed by atoms with Crippen LogP contribution in [0.4, 0.5) is 5.69 Å². The molecule has 25 heavy (non-hydrogen) atoms. The Morgan fingerprint density at radius 3 is 2.48 bits per heavy atom. The average molecular weight is 336 g/mol. The lowest BCUT2D eigenvalue weighted by molar-refractivity contribution is 0.0741. The van der Waals surface area contributed by atoms with Gasteiger partial charge in [0, 0.05) is 26.2 Å². The van der Waals surface area contributed by atoms with Crippen LogP contribution in [0.15, 0.2) is 30.5 Å². The second-order valence-electron chi connectivity index (χ2n) is 6.31. The molecule has 1 aliphatic rings. The number of amides is 1. The van der Waals surface area contributed by atoms with Crippen molar-refractivity contribution >= 4 is 22.6 Å². The van der Waals surface area contributed by atoms with Gasteiger partial charge in [0.05, 0.1) is 34.3 Å². The van der Waals surface area contributed by atoms with E-state index in [9.17, 15) is 4.79 Å². The predicted molar refractivity (Wildman–Crippen MR) is 95.7 cm³/mol. The summed E-state index contributed by atoms with van der Waals surface area (Å²) in [5, 5.41) is 7.28. The van der Waals surface area contributed by atoms with Crippen molar-refractivity contribution in [3.63, 3.8) is 0 Å². The lowest BCUT2D eigenvalue weighted by atomic mass is 10.2. The summed E-state index contributed by atoms with van der Waals surface area (Å²) in [6, 6.07) is 7.59. The van der Waals surface area contributed by atoms with E-state index in [2.05, 4.69) is 25.1 Å². The molecule has 128 valence electrons. The molecule has 1 aliphatic heterocycles. The zero-order chi connectivity index (χ0) is 17.4. The van der Waals surface area contributed by atoms with E-state index >= 15 is 0 Å². The van der Waals surface area contributed by atoms with Gasteiger partial charge in [-0.15, -0.1) is 0 Å². The van der Waals surface area contributed by atoms with Gasteiger partial charge in [-0.2, -0.15) is 5.10 Å². The monoisotopic (exact) mass is 336 g/mol. The summed E-state index contributed by atoms with van der Waals surface area (Å²) in [4.78, 5) is 25.7. The first-order valence-corrected chi connectivity index (χ1v) is 8.41. The second-order valence-corrected chi connectivity index (χ2v) is 6.31. The third-order valence-corrected chi connectivity index (χ3v) is 4.64. The Kier molecular flexibility index (Phi) is 3.83. The number of carbonyl (C=O) groups excluding carboxylic acids is 1. The maximum Gasteiger partial charge on any atom is 0.274 e. The molecule has 3 heterocycles. The summed E-state index contributed by atoms with van der Waals surface area (Å²) in [5.74, 6) is -0.0569. The van der Waals surface area contributed by atoms with Gasteiger partial charge in [0.1, 0.15) is 5.69 Å². The number of aryl methyl sites for hydroxylation is 2. The van der Waals surface area contributed by atoms with Crippen molar-refractivity contribution in [3.05, 3.63) is 47.5 Å². The molecule has 1 amide bonds. The number of aromatic nitrogens is 4. The van der Waals surface area contributed by atoms with Gasteiger partial charge in [0.2, 0.25) is 0 Å². The Balaban J connectivity index is 1.49. The van der Waals surface area contributed by atoms with Crippen molar-refractivity contribution in [2.45, 2.75) is 13.8 Å². The molecule has 0 aliphatic carbocycles. The highest BCUT2D eigenvalue weighted by Gasteiger charge is 2.25. The molecular formula is C18H20N6O. The van der Waals surface area contributed by atoms with Crippen LogP contribution in [0.3, 0.4) is 0 Å². The Bertz CT molecular complexity index is 907. The van der Waals surface area contributed by atoms with Crippen LogP contribution in [0.2, 0.25) is 0 Å². The summed E-state index contributed by atoms with van der Waals surface area (Å²) in [6.45, 7) is 6.93. The number of nitrogens with zero attached hydrogens (tertiary/aromatic N) is 5. The van der Waals surface area contributed by atoms with Crippen LogP contribution in [-0.2, 0) is 0 Å². The number of fused-ring (bicyclic) bond motifs is 1. The number of anilines is 1. The normalized spacial score (nSPS) is 15.0. The van der Waals surface area contributed by atoms with E-state index < -0.39 is 0 Å². The topological polar surface area (TPSA) is 78.0 Å². The molecular weight excluding hydrogens is 316 g/mol. The third kappa shape index (κ3) is 2.82. The number of carbonyl (C=O) groups is 1. The molecule has 0 bridgehead atoms. The second kappa shape index (κ2) is 6.16. The van der Waals surface area contributed by atoms with Gasteiger partial charge in [-0.3, -0.25) is 14.9 Å². The molecule has 4 rings (SSSR count). The Hall–Kier alpha value is -2.96. The molecule has 0 saturated carbocycles. The molecule has 0 radical (unpaired) electrons. The lowest BCUT2D eigenvalue weighted by Gasteiger charge is -2.36. The molecule has 1 saturated heterocycles. The average Bonchev–Trinajstić information content (AvgIpc) is 2.99. The number of hydrogen-bond donors (Lipinski definition) is 1.